The molecule has 3 nitrogen and oxygen atoms in total. The predicted octanol–water partition coefficient (Wildman–Crippen LogP) is 1.58. The number of hydrogen-bond acceptors (Lipinski definition) is 4. The lowest BCUT2D eigenvalue weighted by molar-refractivity contribution is 1.18. The second kappa shape index (κ2) is 3.73. The molecule has 0 bridgehead atoms. The van der Waals surface area contributed by atoms with Crippen LogP contribution in [0.1, 0.15) is 10.7 Å². The molecule has 0 saturated heterocycles. The largest absolute Gasteiger partial charge is 0.379 e. The minimum atomic E-state index is 0.149. The highest BCUT2D eigenvalue weighted by atomic mass is 32.2. The van der Waals surface area contributed by atoms with E-state index in [2.05, 4.69) is 4.98 Å². The van der Waals surface area contributed by atoms with Gasteiger partial charge in [0, 0.05) is 11.1 Å². The van der Waals surface area contributed by atoms with Gasteiger partial charge in [-0.2, -0.15) is 0 Å². The molecule has 1 aromatic rings. The van der Waals surface area contributed by atoms with Crippen LogP contribution in [0.4, 0.5) is 0 Å². The summed E-state index contributed by atoms with van der Waals surface area (Å²) in [5, 5.41) is 10.2. The fraction of sp³-hybridized carbons (Fsp3) is 0.333. The van der Waals surface area contributed by atoms with Crippen LogP contribution in [0.15, 0.2) is 5.38 Å². The molecule has 0 atom stereocenters. The van der Waals surface area contributed by atoms with Gasteiger partial charge in [-0.3, -0.25) is 5.41 Å². The average molecular weight is 187 g/mol. The first-order valence-electron chi connectivity index (χ1n) is 3.06. The first kappa shape index (κ1) is 8.55. The third kappa shape index (κ3) is 2.90. The Bertz CT molecular complexity index is 256. The molecule has 1 aromatic heterocycles. The minimum Gasteiger partial charge on any atom is -0.379 e. The fourth-order valence-corrected chi connectivity index (χ4v) is 1.80. The second-order valence-corrected chi connectivity index (χ2v) is 4.09. The molecule has 60 valence electrons. The summed E-state index contributed by atoms with van der Waals surface area (Å²) in [5.41, 5.74) is 6.18. The number of aromatic nitrogens is 1. The number of nitrogens with two attached hydrogens (primary N) is 1. The molecule has 0 amide bonds. The van der Waals surface area contributed by atoms with Gasteiger partial charge in [0.25, 0.3) is 0 Å². The van der Waals surface area contributed by atoms with Gasteiger partial charge in [0.2, 0.25) is 0 Å². The maximum absolute atomic E-state index is 6.97. The van der Waals surface area contributed by atoms with Crippen molar-refractivity contribution >= 4 is 28.3 Å². The molecule has 0 aliphatic rings. The molecule has 0 fully saturated rings. The molecular weight excluding hydrogens is 178 g/mol. The van der Waals surface area contributed by atoms with E-state index in [1.165, 1.54) is 11.8 Å². The van der Waals surface area contributed by atoms with Gasteiger partial charge in [-0.05, 0) is 6.92 Å². The number of hydrogen-bond donors (Lipinski definition) is 2. The third-order valence-electron chi connectivity index (χ3n) is 1.04. The van der Waals surface area contributed by atoms with Gasteiger partial charge >= 0.3 is 0 Å². The number of aryl methyl sites for hydroxylation is 1. The lowest BCUT2D eigenvalue weighted by Crippen LogP contribution is -2.03. The van der Waals surface area contributed by atoms with Crippen molar-refractivity contribution in [3.8, 4) is 0 Å². The van der Waals surface area contributed by atoms with Crippen LogP contribution in [-0.2, 0) is 5.75 Å². The molecule has 0 unspecified atom stereocenters. The van der Waals surface area contributed by atoms with Crippen molar-refractivity contribution in [2.24, 2.45) is 5.73 Å². The summed E-state index contributed by atoms with van der Waals surface area (Å²) >= 11 is 2.92. The van der Waals surface area contributed by atoms with Gasteiger partial charge in [0.05, 0.1) is 10.7 Å². The van der Waals surface area contributed by atoms with E-state index in [1.54, 1.807) is 11.3 Å². The summed E-state index contributed by atoms with van der Waals surface area (Å²) < 4.78 is 0. The summed E-state index contributed by atoms with van der Waals surface area (Å²) in [5.74, 6) is 0.708. The Kier molecular flexibility index (Phi) is 2.90. The molecule has 5 heteroatoms. The van der Waals surface area contributed by atoms with Crippen molar-refractivity contribution in [1.29, 1.82) is 5.41 Å². The Morgan fingerprint density at radius 2 is 2.64 bits per heavy atom. The average Bonchev–Trinajstić information content (AvgIpc) is 2.31. The minimum absolute atomic E-state index is 0.149. The Hall–Kier alpha value is -0.550. The van der Waals surface area contributed by atoms with E-state index in [9.17, 15) is 0 Å². The van der Waals surface area contributed by atoms with E-state index in [0.29, 0.717) is 5.75 Å². The van der Waals surface area contributed by atoms with Crippen molar-refractivity contribution in [2.75, 3.05) is 0 Å². The van der Waals surface area contributed by atoms with Gasteiger partial charge in [-0.1, -0.05) is 11.8 Å². The van der Waals surface area contributed by atoms with Crippen LogP contribution in [0, 0.1) is 12.3 Å². The van der Waals surface area contributed by atoms with E-state index in [0.717, 1.165) is 10.7 Å². The van der Waals surface area contributed by atoms with Crippen LogP contribution in [0.5, 0.6) is 0 Å². The summed E-state index contributed by atoms with van der Waals surface area (Å²) in [4.78, 5) is 4.23. The highest BCUT2D eigenvalue weighted by Crippen LogP contribution is 2.14. The number of rotatable bonds is 2. The maximum atomic E-state index is 6.97. The van der Waals surface area contributed by atoms with E-state index >= 15 is 0 Å². The zero-order valence-electron chi connectivity index (χ0n) is 6.13. The molecule has 1 rings (SSSR count). The Labute approximate surface area is 73.5 Å². The van der Waals surface area contributed by atoms with Crippen molar-refractivity contribution in [3.05, 3.63) is 16.1 Å². The zero-order chi connectivity index (χ0) is 8.27. The molecule has 0 saturated carbocycles. The standard InChI is InChI=1S/C6H9N3S2/c1-4-9-5(2-10-4)3-11-6(7)8/h2H,3H2,1H3,(H3,7,8). The number of nitrogens with zero attached hydrogens (tertiary/aromatic N) is 1. The number of amidine groups is 1. The molecule has 0 spiro atoms. The van der Waals surface area contributed by atoms with Crippen LogP contribution >= 0.6 is 23.1 Å². The molecule has 1 heterocycles. The quantitative estimate of drug-likeness (QED) is 0.546. The lowest BCUT2D eigenvalue weighted by Gasteiger charge is -1.92. The van der Waals surface area contributed by atoms with E-state index in [-0.39, 0.29) is 5.17 Å². The van der Waals surface area contributed by atoms with Crippen LogP contribution in [0.3, 0.4) is 0 Å². The van der Waals surface area contributed by atoms with Crippen molar-refractivity contribution in [3.63, 3.8) is 0 Å². The molecule has 0 aliphatic carbocycles. The van der Waals surface area contributed by atoms with Gasteiger partial charge in [-0.15, -0.1) is 11.3 Å². The SMILES string of the molecule is Cc1nc(CSC(=N)N)cs1. The van der Waals surface area contributed by atoms with Crippen molar-refractivity contribution in [1.82, 2.24) is 4.98 Å². The first-order chi connectivity index (χ1) is 5.18. The van der Waals surface area contributed by atoms with Crippen LogP contribution < -0.4 is 5.73 Å². The second-order valence-electron chi connectivity index (χ2n) is 2.01. The fourth-order valence-electron chi connectivity index (χ4n) is 0.626. The topological polar surface area (TPSA) is 62.8 Å². The lowest BCUT2D eigenvalue weighted by atomic mass is 10.6. The van der Waals surface area contributed by atoms with Gasteiger partial charge in [0.15, 0.2) is 5.17 Å². The normalized spacial score (nSPS) is 9.91. The number of nitrogens with one attached hydrogen (secondary N) is 1. The molecule has 0 radical (unpaired) electrons. The summed E-state index contributed by atoms with van der Waals surface area (Å²) in [6.45, 7) is 1.96. The van der Waals surface area contributed by atoms with Crippen LogP contribution in [0.25, 0.3) is 0 Å². The van der Waals surface area contributed by atoms with Crippen molar-refractivity contribution < 1.29 is 0 Å². The molecule has 0 aliphatic heterocycles. The maximum Gasteiger partial charge on any atom is 0.151 e. The zero-order valence-corrected chi connectivity index (χ0v) is 7.76. The molecule has 3 N–H and O–H groups in total. The van der Waals surface area contributed by atoms with E-state index < -0.39 is 0 Å². The molecule has 11 heavy (non-hydrogen) atoms. The Morgan fingerprint density at radius 3 is 3.09 bits per heavy atom. The Morgan fingerprint density at radius 1 is 1.91 bits per heavy atom. The number of thiazole rings is 1. The molecule has 0 aromatic carbocycles. The summed E-state index contributed by atoms with van der Waals surface area (Å²) in [7, 11) is 0. The number of thioether (sulfide) groups is 1. The monoisotopic (exact) mass is 187 g/mol. The summed E-state index contributed by atoms with van der Waals surface area (Å²) in [6, 6.07) is 0. The van der Waals surface area contributed by atoms with E-state index in [1.807, 2.05) is 12.3 Å². The smallest absolute Gasteiger partial charge is 0.151 e. The van der Waals surface area contributed by atoms with Gasteiger partial charge < -0.3 is 5.73 Å². The molecular formula is C6H9N3S2. The predicted molar refractivity (Wildman–Crippen MR) is 50.1 cm³/mol. The summed E-state index contributed by atoms with van der Waals surface area (Å²) in [6.07, 6.45) is 0. The van der Waals surface area contributed by atoms with Crippen LogP contribution in [-0.4, -0.2) is 10.2 Å². The van der Waals surface area contributed by atoms with Crippen molar-refractivity contribution in [2.45, 2.75) is 12.7 Å². The Balaban J connectivity index is 2.45. The van der Waals surface area contributed by atoms with Gasteiger partial charge in [0.1, 0.15) is 0 Å². The third-order valence-corrected chi connectivity index (χ3v) is 2.62. The highest BCUT2D eigenvalue weighted by molar-refractivity contribution is 8.13. The highest BCUT2D eigenvalue weighted by Gasteiger charge is 1.98. The van der Waals surface area contributed by atoms with Crippen LogP contribution in [0.2, 0.25) is 0 Å². The first-order valence-corrected chi connectivity index (χ1v) is 4.93. The van der Waals surface area contributed by atoms with E-state index in [4.69, 9.17) is 11.1 Å². The van der Waals surface area contributed by atoms with Gasteiger partial charge in [-0.25, -0.2) is 4.98 Å².